The van der Waals surface area contributed by atoms with Crippen LogP contribution in [0.5, 0.6) is 0 Å². The SMILES string of the molecule is Cc1nn(CC(=O)N2CCCN(CC(N)=O)CC2)c(C)c1Cl. The number of hydrogen-bond acceptors (Lipinski definition) is 4. The molecule has 1 aromatic rings. The maximum atomic E-state index is 12.4. The average molecular weight is 328 g/mol. The first-order valence-electron chi connectivity index (χ1n) is 7.36. The number of amides is 2. The Labute approximate surface area is 135 Å². The summed E-state index contributed by atoms with van der Waals surface area (Å²) in [5.41, 5.74) is 6.75. The largest absolute Gasteiger partial charge is 0.369 e. The van der Waals surface area contributed by atoms with Crippen molar-refractivity contribution in [3.05, 3.63) is 16.4 Å². The Morgan fingerprint density at radius 1 is 1.18 bits per heavy atom. The number of nitrogens with zero attached hydrogens (tertiary/aromatic N) is 4. The summed E-state index contributed by atoms with van der Waals surface area (Å²) in [6.07, 6.45) is 0.830. The molecule has 0 bridgehead atoms. The number of aromatic nitrogens is 2. The summed E-state index contributed by atoms with van der Waals surface area (Å²) in [6, 6.07) is 0. The molecule has 0 aliphatic carbocycles. The molecule has 22 heavy (non-hydrogen) atoms. The van der Waals surface area contributed by atoms with Crippen LogP contribution < -0.4 is 5.73 Å². The summed E-state index contributed by atoms with van der Waals surface area (Å²) in [4.78, 5) is 27.2. The Kier molecular flexibility index (Phi) is 5.42. The number of aryl methyl sites for hydroxylation is 1. The number of halogens is 1. The fraction of sp³-hybridized carbons (Fsp3) is 0.643. The standard InChI is InChI=1S/C14H22ClN5O2/c1-10-14(15)11(2)20(17-10)9-13(22)19-5-3-4-18(6-7-19)8-12(16)21/h3-9H2,1-2H3,(H2,16,21). The Bertz CT molecular complexity index is 572. The summed E-state index contributed by atoms with van der Waals surface area (Å²) in [5.74, 6) is -0.319. The van der Waals surface area contributed by atoms with Gasteiger partial charge in [-0.15, -0.1) is 0 Å². The van der Waals surface area contributed by atoms with Crippen molar-refractivity contribution in [2.75, 3.05) is 32.7 Å². The summed E-state index contributed by atoms with van der Waals surface area (Å²) < 4.78 is 1.64. The van der Waals surface area contributed by atoms with Gasteiger partial charge in [0.2, 0.25) is 11.8 Å². The van der Waals surface area contributed by atoms with Crippen LogP contribution in [0.4, 0.5) is 0 Å². The molecule has 0 atom stereocenters. The summed E-state index contributed by atoms with van der Waals surface area (Å²) in [6.45, 7) is 6.83. The monoisotopic (exact) mass is 327 g/mol. The normalized spacial score (nSPS) is 16.6. The van der Waals surface area contributed by atoms with Crippen LogP contribution in [-0.2, 0) is 16.1 Å². The van der Waals surface area contributed by atoms with Crippen molar-refractivity contribution in [3.8, 4) is 0 Å². The van der Waals surface area contributed by atoms with Crippen LogP contribution in [0.1, 0.15) is 17.8 Å². The molecule has 1 saturated heterocycles. The molecule has 0 spiro atoms. The summed E-state index contributed by atoms with van der Waals surface area (Å²) >= 11 is 6.10. The minimum absolute atomic E-state index is 0.0168. The Hall–Kier alpha value is -1.60. The number of nitrogens with two attached hydrogens (primary N) is 1. The van der Waals surface area contributed by atoms with Crippen molar-refractivity contribution in [2.45, 2.75) is 26.8 Å². The van der Waals surface area contributed by atoms with Gasteiger partial charge in [0, 0.05) is 26.2 Å². The maximum absolute atomic E-state index is 12.4. The van der Waals surface area contributed by atoms with Crippen molar-refractivity contribution < 1.29 is 9.59 Å². The fourth-order valence-electron chi connectivity index (χ4n) is 2.66. The number of rotatable bonds is 4. The number of carbonyl (C=O) groups excluding carboxylic acids is 2. The molecule has 1 fully saturated rings. The van der Waals surface area contributed by atoms with E-state index < -0.39 is 0 Å². The van der Waals surface area contributed by atoms with E-state index in [0.29, 0.717) is 24.7 Å². The second-order valence-electron chi connectivity index (χ2n) is 5.62. The molecule has 8 heteroatoms. The molecular formula is C14H22ClN5O2. The molecule has 1 aliphatic heterocycles. The van der Waals surface area contributed by atoms with Crippen molar-refractivity contribution in [1.29, 1.82) is 0 Å². The van der Waals surface area contributed by atoms with E-state index in [1.165, 1.54) is 0 Å². The van der Waals surface area contributed by atoms with Gasteiger partial charge in [-0.25, -0.2) is 0 Å². The molecule has 0 unspecified atom stereocenters. The molecule has 0 aromatic carbocycles. The molecule has 0 saturated carbocycles. The van der Waals surface area contributed by atoms with E-state index in [4.69, 9.17) is 17.3 Å². The first kappa shape index (κ1) is 16.8. The lowest BCUT2D eigenvalue weighted by molar-refractivity contribution is -0.131. The van der Waals surface area contributed by atoms with Gasteiger partial charge in [-0.05, 0) is 20.3 Å². The minimum Gasteiger partial charge on any atom is -0.369 e. The average Bonchev–Trinajstić information content (AvgIpc) is 2.64. The van der Waals surface area contributed by atoms with Crippen molar-refractivity contribution >= 4 is 23.4 Å². The molecule has 1 aliphatic rings. The lowest BCUT2D eigenvalue weighted by atomic mass is 10.3. The number of primary amides is 1. The van der Waals surface area contributed by atoms with Crippen molar-refractivity contribution in [2.24, 2.45) is 5.73 Å². The van der Waals surface area contributed by atoms with Gasteiger partial charge in [-0.2, -0.15) is 5.10 Å². The first-order chi connectivity index (χ1) is 10.4. The van der Waals surface area contributed by atoms with E-state index in [0.717, 1.165) is 24.4 Å². The number of carbonyl (C=O) groups is 2. The van der Waals surface area contributed by atoms with Gasteiger partial charge in [0.05, 0.1) is 23.0 Å². The molecule has 122 valence electrons. The highest BCUT2D eigenvalue weighted by molar-refractivity contribution is 6.31. The topological polar surface area (TPSA) is 84.5 Å². The third-order valence-electron chi connectivity index (χ3n) is 3.90. The van der Waals surface area contributed by atoms with E-state index in [1.807, 2.05) is 23.6 Å². The summed E-state index contributed by atoms with van der Waals surface area (Å²) in [7, 11) is 0. The first-order valence-corrected chi connectivity index (χ1v) is 7.74. The highest BCUT2D eigenvalue weighted by atomic mass is 35.5. The minimum atomic E-state index is -0.336. The lowest BCUT2D eigenvalue weighted by Crippen LogP contribution is -2.39. The van der Waals surface area contributed by atoms with Crippen LogP contribution in [0.2, 0.25) is 5.02 Å². The van der Waals surface area contributed by atoms with Crippen LogP contribution in [0.25, 0.3) is 0 Å². The second-order valence-corrected chi connectivity index (χ2v) is 6.00. The number of hydrogen-bond donors (Lipinski definition) is 1. The van der Waals surface area contributed by atoms with E-state index in [2.05, 4.69) is 5.10 Å². The molecule has 2 N–H and O–H groups in total. The van der Waals surface area contributed by atoms with Crippen molar-refractivity contribution in [3.63, 3.8) is 0 Å². The van der Waals surface area contributed by atoms with E-state index in [1.54, 1.807) is 4.68 Å². The van der Waals surface area contributed by atoms with Gasteiger partial charge in [0.1, 0.15) is 6.54 Å². The third kappa shape index (κ3) is 3.98. The van der Waals surface area contributed by atoms with Crippen LogP contribution in [0.3, 0.4) is 0 Å². The van der Waals surface area contributed by atoms with Gasteiger partial charge in [0.25, 0.3) is 0 Å². The van der Waals surface area contributed by atoms with Gasteiger partial charge < -0.3 is 10.6 Å². The lowest BCUT2D eigenvalue weighted by Gasteiger charge is -2.21. The fourth-order valence-corrected chi connectivity index (χ4v) is 2.79. The van der Waals surface area contributed by atoms with Crippen LogP contribution in [-0.4, -0.2) is 64.1 Å². The summed E-state index contributed by atoms with van der Waals surface area (Å²) in [5, 5.41) is 4.90. The van der Waals surface area contributed by atoms with Gasteiger partial charge in [0.15, 0.2) is 0 Å². The van der Waals surface area contributed by atoms with Gasteiger partial charge >= 0.3 is 0 Å². The Morgan fingerprint density at radius 2 is 1.91 bits per heavy atom. The van der Waals surface area contributed by atoms with Gasteiger partial charge in [-0.1, -0.05) is 11.6 Å². The molecule has 2 amide bonds. The van der Waals surface area contributed by atoms with Crippen LogP contribution in [0, 0.1) is 13.8 Å². The van der Waals surface area contributed by atoms with Crippen molar-refractivity contribution in [1.82, 2.24) is 19.6 Å². The highest BCUT2D eigenvalue weighted by Crippen LogP contribution is 2.19. The zero-order chi connectivity index (χ0) is 16.3. The molecular weight excluding hydrogens is 306 g/mol. The third-order valence-corrected chi connectivity index (χ3v) is 4.45. The molecule has 2 heterocycles. The Balaban J connectivity index is 1.95. The zero-order valence-electron chi connectivity index (χ0n) is 13.0. The van der Waals surface area contributed by atoms with Gasteiger partial charge in [-0.3, -0.25) is 19.2 Å². The molecule has 7 nitrogen and oxygen atoms in total. The van der Waals surface area contributed by atoms with Crippen LogP contribution >= 0.6 is 11.6 Å². The molecule has 1 aromatic heterocycles. The smallest absolute Gasteiger partial charge is 0.244 e. The quantitative estimate of drug-likeness (QED) is 0.854. The van der Waals surface area contributed by atoms with E-state index in [9.17, 15) is 9.59 Å². The Morgan fingerprint density at radius 3 is 2.50 bits per heavy atom. The van der Waals surface area contributed by atoms with E-state index in [-0.39, 0.29) is 24.9 Å². The maximum Gasteiger partial charge on any atom is 0.244 e. The highest BCUT2D eigenvalue weighted by Gasteiger charge is 2.21. The predicted octanol–water partition coefficient (Wildman–Crippen LogP) is 0.173. The zero-order valence-corrected chi connectivity index (χ0v) is 13.8. The molecule has 2 rings (SSSR count). The predicted molar refractivity (Wildman–Crippen MR) is 83.5 cm³/mol. The molecule has 0 radical (unpaired) electrons. The van der Waals surface area contributed by atoms with Crippen LogP contribution in [0.15, 0.2) is 0 Å². The van der Waals surface area contributed by atoms with E-state index >= 15 is 0 Å². The second kappa shape index (κ2) is 7.11.